The molecule has 5 nitrogen and oxygen atoms in total. The second-order valence-electron chi connectivity index (χ2n) is 6.28. The normalized spacial score (nSPS) is 19.2. The van der Waals surface area contributed by atoms with Gasteiger partial charge in [0.1, 0.15) is 17.3 Å². The molecule has 1 N–H and O–H groups in total. The van der Waals surface area contributed by atoms with E-state index in [1.54, 1.807) is 20.8 Å². The first-order valence-electron chi connectivity index (χ1n) is 6.91. The van der Waals surface area contributed by atoms with Gasteiger partial charge in [-0.2, -0.15) is 0 Å². The minimum atomic E-state index is -1.41. The third kappa shape index (κ3) is 5.35. The lowest BCUT2D eigenvalue weighted by Gasteiger charge is -2.26. The Hall–Kier alpha value is -1.33. The fourth-order valence-electron chi connectivity index (χ4n) is 2.36. The van der Waals surface area contributed by atoms with E-state index in [4.69, 9.17) is 4.74 Å². The van der Waals surface area contributed by atoms with Crippen molar-refractivity contribution in [2.75, 3.05) is 7.11 Å². The zero-order chi connectivity index (χ0) is 15.4. The van der Waals surface area contributed by atoms with Crippen molar-refractivity contribution in [2.45, 2.75) is 70.2 Å². The summed E-state index contributed by atoms with van der Waals surface area (Å²) < 4.78 is 24.2. The third-order valence-electron chi connectivity index (χ3n) is 3.25. The fourth-order valence-corrected chi connectivity index (χ4v) is 2.36. The zero-order valence-corrected chi connectivity index (χ0v) is 12.6. The van der Waals surface area contributed by atoms with Gasteiger partial charge in [-0.15, -0.1) is 0 Å². The first-order chi connectivity index (χ1) is 9.15. The van der Waals surface area contributed by atoms with Crippen molar-refractivity contribution in [3.63, 3.8) is 0 Å². The Morgan fingerprint density at radius 2 is 1.85 bits per heavy atom. The minimum absolute atomic E-state index is 0.0705. The maximum atomic E-state index is 14.4. The van der Waals surface area contributed by atoms with Gasteiger partial charge in [-0.05, 0) is 33.6 Å². The molecular weight excluding hydrogens is 265 g/mol. The van der Waals surface area contributed by atoms with Crippen LogP contribution in [0.25, 0.3) is 0 Å². The number of hydrogen-bond acceptors (Lipinski definition) is 4. The lowest BCUT2D eigenvalue weighted by molar-refractivity contribution is -0.144. The Bertz CT molecular complexity index is 359. The number of carbonyl (C=O) groups is 2. The van der Waals surface area contributed by atoms with Gasteiger partial charge in [0, 0.05) is 6.42 Å². The summed E-state index contributed by atoms with van der Waals surface area (Å²) >= 11 is 0. The van der Waals surface area contributed by atoms with Crippen molar-refractivity contribution in [3.8, 4) is 0 Å². The summed E-state index contributed by atoms with van der Waals surface area (Å²) in [5.74, 6) is -0.653. The Labute approximate surface area is 119 Å². The molecule has 1 aliphatic carbocycles. The molecule has 1 fully saturated rings. The van der Waals surface area contributed by atoms with Crippen LogP contribution in [0.5, 0.6) is 0 Å². The molecule has 0 heterocycles. The average Bonchev–Trinajstić information content (AvgIpc) is 2.71. The molecule has 0 aliphatic heterocycles. The molecule has 1 amide bonds. The van der Waals surface area contributed by atoms with Crippen LogP contribution in [0.1, 0.15) is 52.9 Å². The van der Waals surface area contributed by atoms with Gasteiger partial charge in [-0.1, -0.05) is 12.8 Å². The van der Waals surface area contributed by atoms with Crippen molar-refractivity contribution in [1.29, 1.82) is 0 Å². The second-order valence-corrected chi connectivity index (χ2v) is 6.28. The molecule has 0 aromatic heterocycles. The molecule has 116 valence electrons. The molecule has 0 aromatic rings. The summed E-state index contributed by atoms with van der Waals surface area (Å²) in [6.45, 7) is 5.15. The zero-order valence-electron chi connectivity index (χ0n) is 12.6. The number of halogens is 1. The predicted molar refractivity (Wildman–Crippen MR) is 72.1 cm³/mol. The molecule has 0 radical (unpaired) electrons. The second kappa shape index (κ2) is 6.41. The topological polar surface area (TPSA) is 64.6 Å². The van der Waals surface area contributed by atoms with E-state index in [1.165, 1.54) is 7.11 Å². The number of nitrogens with one attached hydrogen (secondary N) is 1. The minimum Gasteiger partial charge on any atom is -0.467 e. The van der Waals surface area contributed by atoms with Crippen molar-refractivity contribution < 1.29 is 23.5 Å². The fraction of sp³-hybridized carbons (Fsp3) is 0.857. The monoisotopic (exact) mass is 289 g/mol. The first-order valence-corrected chi connectivity index (χ1v) is 6.91. The summed E-state index contributed by atoms with van der Waals surface area (Å²) in [5.41, 5.74) is -2.08. The molecule has 6 heteroatoms. The number of methoxy groups -OCH3 is 1. The van der Waals surface area contributed by atoms with Crippen LogP contribution in [-0.4, -0.2) is 36.5 Å². The Kier molecular flexibility index (Phi) is 5.36. The van der Waals surface area contributed by atoms with Crippen LogP contribution in [0.3, 0.4) is 0 Å². The van der Waals surface area contributed by atoms with Crippen molar-refractivity contribution in [1.82, 2.24) is 5.32 Å². The number of ether oxygens (including phenoxy) is 2. The molecule has 1 rings (SSSR count). The molecule has 0 saturated heterocycles. The van der Waals surface area contributed by atoms with Gasteiger partial charge in [0.25, 0.3) is 0 Å². The van der Waals surface area contributed by atoms with E-state index in [2.05, 4.69) is 10.1 Å². The highest BCUT2D eigenvalue weighted by molar-refractivity contribution is 5.81. The third-order valence-corrected chi connectivity index (χ3v) is 3.25. The molecule has 1 atom stereocenters. The number of alkyl halides is 1. The van der Waals surface area contributed by atoms with Crippen LogP contribution in [-0.2, 0) is 14.3 Å². The van der Waals surface area contributed by atoms with E-state index in [9.17, 15) is 14.0 Å². The number of esters is 1. The van der Waals surface area contributed by atoms with E-state index < -0.39 is 29.4 Å². The Morgan fingerprint density at radius 1 is 1.30 bits per heavy atom. The van der Waals surface area contributed by atoms with Crippen LogP contribution < -0.4 is 5.32 Å². The smallest absolute Gasteiger partial charge is 0.408 e. The maximum absolute atomic E-state index is 14.4. The Morgan fingerprint density at radius 3 is 2.30 bits per heavy atom. The molecule has 1 saturated carbocycles. The molecule has 1 aliphatic rings. The summed E-state index contributed by atoms with van der Waals surface area (Å²) in [6.07, 6.45) is 1.62. The maximum Gasteiger partial charge on any atom is 0.408 e. The molecule has 0 bridgehead atoms. The molecule has 20 heavy (non-hydrogen) atoms. The summed E-state index contributed by atoms with van der Waals surface area (Å²) in [6, 6.07) is -1.02. The number of amides is 1. The number of alkyl carbamates (subject to hydrolysis) is 1. The van der Waals surface area contributed by atoms with Gasteiger partial charge >= 0.3 is 12.1 Å². The highest BCUT2D eigenvalue weighted by Crippen LogP contribution is 2.37. The van der Waals surface area contributed by atoms with Crippen LogP contribution in [0.2, 0.25) is 0 Å². The highest BCUT2D eigenvalue weighted by Gasteiger charge is 2.39. The van der Waals surface area contributed by atoms with E-state index in [0.717, 1.165) is 12.8 Å². The van der Waals surface area contributed by atoms with Crippen LogP contribution in [0.4, 0.5) is 9.18 Å². The first kappa shape index (κ1) is 16.7. The van der Waals surface area contributed by atoms with Gasteiger partial charge in [0.2, 0.25) is 0 Å². The largest absolute Gasteiger partial charge is 0.467 e. The van der Waals surface area contributed by atoms with Crippen LogP contribution >= 0.6 is 0 Å². The van der Waals surface area contributed by atoms with Crippen molar-refractivity contribution in [3.05, 3.63) is 0 Å². The molecule has 0 spiro atoms. The summed E-state index contributed by atoms with van der Waals surface area (Å²) in [7, 11) is 1.21. The van der Waals surface area contributed by atoms with E-state index in [1.807, 2.05) is 0 Å². The summed E-state index contributed by atoms with van der Waals surface area (Å²) in [4.78, 5) is 23.4. The van der Waals surface area contributed by atoms with Gasteiger partial charge in [0.05, 0.1) is 7.11 Å². The molecule has 0 aromatic carbocycles. The standard InChI is InChI=1S/C14H24FNO4/c1-13(2,3)20-12(18)16-10(11(17)19-4)9-14(15)7-5-6-8-14/h10H,5-9H2,1-4H3,(H,16,18)/t10-/m1/s1. The number of carbonyl (C=O) groups excluding carboxylic acids is 2. The van der Waals surface area contributed by atoms with Gasteiger partial charge < -0.3 is 14.8 Å². The summed E-state index contributed by atoms with van der Waals surface area (Å²) in [5, 5.41) is 2.40. The number of hydrogen-bond donors (Lipinski definition) is 1. The lowest BCUT2D eigenvalue weighted by atomic mass is 9.95. The SMILES string of the molecule is COC(=O)[C@@H](CC1(F)CCCC1)NC(=O)OC(C)(C)C. The van der Waals surface area contributed by atoms with Crippen molar-refractivity contribution in [2.24, 2.45) is 0 Å². The quantitative estimate of drug-likeness (QED) is 0.808. The number of rotatable bonds is 4. The highest BCUT2D eigenvalue weighted by atomic mass is 19.1. The molecule has 0 unspecified atom stereocenters. The van der Waals surface area contributed by atoms with Crippen LogP contribution in [0.15, 0.2) is 0 Å². The van der Waals surface area contributed by atoms with E-state index in [0.29, 0.717) is 12.8 Å². The Balaban J connectivity index is 2.65. The van der Waals surface area contributed by atoms with Crippen LogP contribution in [0, 0.1) is 0 Å². The van der Waals surface area contributed by atoms with Gasteiger partial charge in [-0.3, -0.25) is 0 Å². The van der Waals surface area contributed by atoms with Gasteiger partial charge in [-0.25, -0.2) is 14.0 Å². The van der Waals surface area contributed by atoms with E-state index in [-0.39, 0.29) is 6.42 Å². The molecular formula is C14H24FNO4. The van der Waals surface area contributed by atoms with Crippen molar-refractivity contribution >= 4 is 12.1 Å². The predicted octanol–water partition coefficient (Wildman–Crippen LogP) is 2.73. The van der Waals surface area contributed by atoms with Gasteiger partial charge in [0.15, 0.2) is 0 Å². The average molecular weight is 289 g/mol. The lowest BCUT2D eigenvalue weighted by Crippen LogP contribution is -2.47. The van der Waals surface area contributed by atoms with E-state index >= 15 is 0 Å².